The first-order chi connectivity index (χ1) is 17.4. The van der Waals surface area contributed by atoms with Crippen molar-refractivity contribution in [3.63, 3.8) is 0 Å². The second-order valence-electron chi connectivity index (χ2n) is 8.42. The second kappa shape index (κ2) is 9.21. The first kappa shape index (κ1) is 23.2. The van der Waals surface area contributed by atoms with Gasteiger partial charge in [0.25, 0.3) is 11.5 Å². The molecule has 0 bridgehead atoms. The maximum Gasteiger partial charge on any atom is 0.337 e. The zero-order valence-corrected chi connectivity index (χ0v) is 20.1. The van der Waals surface area contributed by atoms with Gasteiger partial charge in [0, 0.05) is 18.8 Å². The molecule has 0 saturated carbocycles. The molecule has 0 saturated heterocycles. The standard InChI is InChI=1S/C26H24N6O4/c1-4-30(5-2)24(33)19-13-16(3)27-23-22(19)25(34)31(26(35)32(23)18-9-7-6-8-10-18)15-17-11-12-20-21(14-17)29-36-28-20/h6-14H,4-5,15H2,1-3H3. The molecule has 1 amide bonds. The number of amides is 1. The molecular weight excluding hydrogens is 460 g/mol. The summed E-state index contributed by atoms with van der Waals surface area (Å²) in [6.45, 7) is 6.43. The predicted octanol–water partition coefficient (Wildman–Crippen LogP) is 2.92. The number of carbonyl (C=O) groups excluding carboxylic acids is 1. The lowest BCUT2D eigenvalue weighted by Gasteiger charge is -2.21. The molecule has 0 aliphatic carbocycles. The third-order valence-electron chi connectivity index (χ3n) is 6.18. The highest BCUT2D eigenvalue weighted by Gasteiger charge is 2.24. The Morgan fingerprint density at radius 2 is 1.69 bits per heavy atom. The van der Waals surface area contributed by atoms with E-state index in [1.165, 1.54) is 4.57 Å². The normalized spacial score (nSPS) is 11.3. The summed E-state index contributed by atoms with van der Waals surface area (Å²) in [5.41, 5.74) is 2.05. The molecule has 0 fully saturated rings. The van der Waals surface area contributed by atoms with Crippen LogP contribution in [0.5, 0.6) is 0 Å². The van der Waals surface area contributed by atoms with Gasteiger partial charge >= 0.3 is 5.69 Å². The molecule has 2 aromatic carbocycles. The van der Waals surface area contributed by atoms with Crippen LogP contribution in [0.15, 0.2) is 68.8 Å². The molecule has 0 spiro atoms. The van der Waals surface area contributed by atoms with Gasteiger partial charge in [0.15, 0.2) is 5.65 Å². The minimum Gasteiger partial charge on any atom is -0.339 e. The van der Waals surface area contributed by atoms with E-state index in [0.717, 1.165) is 4.57 Å². The molecule has 36 heavy (non-hydrogen) atoms. The van der Waals surface area contributed by atoms with E-state index >= 15 is 0 Å². The van der Waals surface area contributed by atoms with Gasteiger partial charge in [0.1, 0.15) is 11.0 Å². The van der Waals surface area contributed by atoms with Gasteiger partial charge in [-0.15, -0.1) is 0 Å². The number of carbonyl (C=O) groups is 1. The monoisotopic (exact) mass is 484 g/mol. The van der Waals surface area contributed by atoms with Crippen molar-refractivity contribution in [2.24, 2.45) is 0 Å². The fourth-order valence-electron chi connectivity index (χ4n) is 4.37. The summed E-state index contributed by atoms with van der Waals surface area (Å²) < 4.78 is 7.28. The minimum atomic E-state index is -0.580. The molecule has 0 aliphatic rings. The van der Waals surface area contributed by atoms with E-state index in [2.05, 4.69) is 15.3 Å². The van der Waals surface area contributed by atoms with Gasteiger partial charge < -0.3 is 4.90 Å². The molecule has 10 heteroatoms. The second-order valence-corrected chi connectivity index (χ2v) is 8.42. The third-order valence-corrected chi connectivity index (χ3v) is 6.18. The van der Waals surface area contributed by atoms with E-state index in [1.54, 1.807) is 60.4 Å². The highest BCUT2D eigenvalue weighted by Crippen LogP contribution is 2.20. The largest absolute Gasteiger partial charge is 0.339 e. The maximum atomic E-state index is 13.9. The molecule has 5 aromatic rings. The first-order valence-corrected chi connectivity index (χ1v) is 11.7. The van der Waals surface area contributed by atoms with Crippen LogP contribution in [0, 0.1) is 6.92 Å². The lowest BCUT2D eigenvalue weighted by atomic mass is 10.1. The van der Waals surface area contributed by atoms with Crippen LogP contribution >= 0.6 is 0 Å². The fraction of sp³-hybridized carbons (Fsp3) is 0.231. The molecule has 0 atom stereocenters. The lowest BCUT2D eigenvalue weighted by molar-refractivity contribution is 0.0774. The molecule has 0 aliphatic heterocycles. The number of aryl methyl sites for hydroxylation is 1. The molecule has 0 unspecified atom stereocenters. The summed E-state index contributed by atoms with van der Waals surface area (Å²) in [5, 5.41) is 7.75. The van der Waals surface area contributed by atoms with Crippen LogP contribution < -0.4 is 11.2 Å². The van der Waals surface area contributed by atoms with Crippen molar-refractivity contribution in [2.45, 2.75) is 27.3 Å². The number of hydrogen-bond acceptors (Lipinski definition) is 7. The lowest BCUT2D eigenvalue weighted by Crippen LogP contribution is -2.41. The summed E-state index contributed by atoms with van der Waals surface area (Å²) in [6.07, 6.45) is 0. The van der Waals surface area contributed by atoms with Crippen molar-refractivity contribution in [2.75, 3.05) is 13.1 Å². The van der Waals surface area contributed by atoms with Crippen LogP contribution in [0.3, 0.4) is 0 Å². The predicted molar refractivity (Wildman–Crippen MR) is 134 cm³/mol. The molecule has 10 nitrogen and oxygen atoms in total. The Labute approximate surface area is 205 Å². The van der Waals surface area contributed by atoms with Crippen molar-refractivity contribution in [3.8, 4) is 5.69 Å². The van der Waals surface area contributed by atoms with E-state index in [1.807, 2.05) is 19.9 Å². The molecule has 3 heterocycles. The van der Waals surface area contributed by atoms with E-state index < -0.39 is 11.2 Å². The number of aromatic nitrogens is 5. The van der Waals surface area contributed by atoms with Gasteiger partial charge in [-0.05, 0) is 67.0 Å². The fourth-order valence-corrected chi connectivity index (χ4v) is 4.37. The summed E-state index contributed by atoms with van der Waals surface area (Å²) in [6, 6.07) is 15.7. The van der Waals surface area contributed by atoms with Crippen molar-refractivity contribution in [1.82, 2.24) is 29.3 Å². The summed E-state index contributed by atoms with van der Waals surface area (Å²) >= 11 is 0. The van der Waals surface area contributed by atoms with Gasteiger partial charge in [-0.2, -0.15) is 0 Å². The van der Waals surface area contributed by atoms with Crippen molar-refractivity contribution >= 4 is 28.0 Å². The van der Waals surface area contributed by atoms with Gasteiger partial charge in [0.2, 0.25) is 0 Å². The minimum absolute atomic E-state index is 0.0317. The quantitative estimate of drug-likeness (QED) is 0.364. The summed E-state index contributed by atoms with van der Waals surface area (Å²) in [4.78, 5) is 47.4. The molecule has 5 rings (SSSR count). The first-order valence-electron chi connectivity index (χ1n) is 11.7. The zero-order chi connectivity index (χ0) is 25.4. The summed E-state index contributed by atoms with van der Waals surface area (Å²) in [7, 11) is 0. The van der Waals surface area contributed by atoms with Crippen LogP contribution in [0.25, 0.3) is 27.8 Å². The number of pyridine rings is 1. The molecule has 3 aromatic heterocycles. The molecular formula is C26H24N6O4. The van der Waals surface area contributed by atoms with Crippen LogP contribution in [-0.2, 0) is 6.54 Å². The molecule has 182 valence electrons. The van der Waals surface area contributed by atoms with Gasteiger partial charge in [-0.3, -0.25) is 14.2 Å². The summed E-state index contributed by atoms with van der Waals surface area (Å²) in [5.74, 6) is -0.285. The van der Waals surface area contributed by atoms with Crippen LogP contribution in [0.2, 0.25) is 0 Å². The Balaban J connectivity index is 1.84. The highest BCUT2D eigenvalue weighted by atomic mass is 16.6. The van der Waals surface area contributed by atoms with Crippen molar-refractivity contribution in [3.05, 3.63) is 92.3 Å². The van der Waals surface area contributed by atoms with Crippen LogP contribution in [0.4, 0.5) is 0 Å². The SMILES string of the molecule is CCN(CC)C(=O)c1cc(C)nc2c1c(=O)n(Cc1ccc3nonc3c1)c(=O)n2-c1ccccc1. The van der Waals surface area contributed by atoms with Gasteiger partial charge in [0.05, 0.1) is 23.2 Å². The van der Waals surface area contributed by atoms with Crippen molar-refractivity contribution < 1.29 is 9.42 Å². The number of fused-ring (bicyclic) bond motifs is 2. The smallest absolute Gasteiger partial charge is 0.337 e. The average molecular weight is 485 g/mol. The Bertz CT molecular complexity index is 1710. The molecule has 0 radical (unpaired) electrons. The third kappa shape index (κ3) is 3.86. The van der Waals surface area contributed by atoms with Crippen LogP contribution in [-0.4, -0.2) is 48.3 Å². The number of nitrogens with zero attached hydrogens (tertiary/aromatic N) is 6. The van der Waals surface area contributed by atoms with E-state index in [4.69, 9.17) is 4.63 Å². The van der Waals surface area contributed by atoms with E-state index in [9.17, 15) is 14.4 Å². The Kier molecular flexibility index (Phi) is 5.93. The zero-order valence-electron chi connectivity index (χ0n) is 20.1. The van der Waals surface area contributed by atoms with Crippen LogP contribution in [0.1, 0.15) is 35.5 Å². The molecule has 0 N–H and O–H groups in total. The topological polar surface area (TPSA) is 116 Å². The van der Waals surface area contributed by atoms with Crippen molar-refractivity contribution in [1.29, 1.82) is 0 Å². The number of rotatable bonds is 6. The van der Waals surface area contributed by atoms with E-state index in [-0.39, 0.29) is 29.0 Å². The Hall–Kier alpha value is -4.60. The van der Waals surface area contributed by atoms with E-state index in [0.29, 0.717) is 41.1 Å². The van der Waals surface area contributed by atoms with Gasteiger partial charge in [-0.1, -0.05) is 24.3 Å². The Morgan fingerprint density at radius 1 is 0.972 bits per heavy atom. The number of hydrogen-bond donors (Lipinski definition) is 0. The number of benzene rings is 2. The average Bonchev–Trinajstić information content (AvgIpc) is 3.35. The highest BCUT2D eigenvalue weighted by molar-refractivity contribution is 6.05. The Morgan fingerprint density at radius 3 is 2.42 bits per heavy atom. The number of para-hydroxylation sites is 1. The maximum absolute atomic E-state index is 13.9. The van der Waals surface area contributed by atoms with Gasteiger partial charge in [-0.25, -0.2) is 19.0 Å².